The van der Waals surface area contributed by atoms with Gasteiger partial charge >= 0.3 is 5.97 Å². The molecule has 0 fully saturated rings. The van der Waals surface area contributed by atoms with Gasteiger partial charge in [0, 0.05) is 18.9 Å². The lowest BCUT2D eigenvalue weighted by atomic mass is 10.3. The van der Waals surface area contributed by atoms with Crippen LogP contribution in [0.1, 0.15) is 9.67 Å². The number of nitrogens with zero attached hydrogens (tertiary/aromatic N) is 2. The molecular formula is C14H14N2O3S. The summed E-state index contributed by atoms with van der Waals surface area (Å²) in [6, 6.07) is 5.57. The molecule has 0 spiro atoms. The van der Waals surface area contributed by atoms with Crippen LogP contribution in [-0.4, -0.2) is 39.5 Å². The summed E-state index contributed by atoms with van der Waals surface area (Å²) in [5, 5.41) is 10.7. The van der Waals surface area contributed by atoms with E-state index in [1.807, 2.05) is 40.5 Å². The summed E-state index contributed by atoms with van der Waals surface area (Å²) in [5.74, 6) is -1.34. The highest BCUT2D eigenvalue weighted by atomic mass is 32.1. The fraction of sp³-hybridized carbons (Fsp3) is 0.143. The monoisotopic (exact) mass is 290 g/mol. The molecule has 0 bridgehead atoms. The van der Waals surface area contributed by atoms with Gasteiger partial charge in [-0.2, -0.15) is 0 Å². The molecule has 2 rings (SSSR count). The van der Waals surface area contributed by atoms with E-state index in [1.165, 1.54) is 22.3 Å². The predicted molar refractivity (Wildman–Crippen MR) is 77.4 cm³/mol. The molecule has 0 unspecified atom stereocenters. The molecule has 2 aromatic rings. The van der Waals surface area contributed by atoms with Crippen molar-refractivity contribution >= 4 is 23.2 Å². The van der Waals surface area contributed by atoms with E-state index < -0.39 is 5.97 Å². The Labute approximate surface area is 120 Å². The number of amides is 1. The van der Waals surface area contributed by atoms with Gasteiger partial charge in [0.15, 0.2) is 0 Å². The summed E-state index contributed by atoms with van der Waals surface area (Å²) in [4.78, 5) is 25.1. The maximum atomic E-state index is 12.5. The van der Waals surface area contributed by atoms with Gasteiger partial charge in [-0.05, 0) is 23.6 Å². The van der Waals surface area contributed by atoms with Crippen LogP contribution in [0.15, 0.2) is 48.6 Å². The molecule has 5 nitrogen and oxygen atoms in total. The summed E-state index contributed by atoms with van der Waals surface area (Å²) in [6.45, 7) is 3.42. The van der Waals surface area contributed by atoms with Gasteiger partial charge in [-0.3, -0.25) is 9.59 Å². The Morgan fingerprint density at radius 2 is 2.10 bits per heavy atom. The average molecular weight is 290 g/mol. The number of thiophene rings is 1. The molecule has 20 heavy (non-hydrogen) atoms. The van der Waals surface area contributed by atoms with Crippen LogP contribution < -0.4 is 0 Å². The van der Waals surface area contributed by atoms with Crippen molar-refractivity contribution in [2.24, 2.45) is 0 Å². The van der Waals surface area contributed by atoms with Gasteiger partial charge in [-0.1, -0.05) is 6.08 Å². The highest BCUT2D eigenvalue weighted by molar-refractivity contribution is 7.12. The van der Waals surface area contributed by atoms with E-state index in [9.17, 15) is 9.59 Å². The zero-order valence-corrected chi connectivity index (χ0v) is 11.5. The van der Waals surface area contributed by atoms with Crippen LogP contribution in [0.2, 0.25) is 0 Å². The number of aromatic nitrogens is 1. The Bertz CT molecular complexity index is 616. The summed E-state index contributed by atoms with van der Waals surface area (Å²) in [7, 11) is 0. The lowest BCUT2D eigenvalue weighted by Crippen LogP contribution is -2.35. The molecule has 6 heteroatoms. The lowest BCUT2D eigenvalue weighted by molar-refractivity contribution is -0.137. The van der Waals surface area contributed by atoms with Crippen molar-refractivity contribution in [3.63, 3.8) is 0 Å². The Kier molecular flexibility index (Phi) is 4.37. The van der Waals surface area contributed by atoms with Crippen LogP contribution in [0.25, 0.3) is 5.69 Å². The minimum absolute atomic E-state index is 0.203. The minimum atomic E-state index is -1.04. The molecule has 0 saturated heterocycles. The molecule has 0 aliphatic heterocycles. The molecule has 0 aliphatic carbocycles. The number of aliphatic carboxylic acids is 1. The van der Waals surface area contributed by atoms with Crippen LogP contribution in [0.3, 0.4) is 0 Å². The van der Waals surface area contributed by atoms with Gasteiger partial charge in [-0.15, -0.1) is 17.9 Å². The fourth-order valence-corrected chi connectivity index (χ4v) is 2.70. The van der Waals surface area contributed by atoms with Gasteiger partial charge < -0.3 is 14.6 Å². The first-order valence-corrected chi connectivity index (χ1v) is 6.84. The normalized spacial score (nSPS) is 10.2. The average Bonchev–Trinajstić information content (AvgIpc) is 3.07. The maximum absolute atomic E-state index is 12.5. The van der Waals surface area contributed by atoms with E-state index in [2.05, 4.69) is 6.58 Å². The van der Waals surface area contributed by atoms with E-state index >= 15 is 0 Å². The molecule has 0 saturated carbocycles. The highest BCUT2D eigenvalue weighted by Crippen LogP contribution is 2.23. The van der Waals surface area contributed by atoms with Gasteiger partial charge in [0.1, 0.15) is 11.4 Å². The Hall–Kier alpha value is -2.34. The smallest absolute Gasteiger partial charge is 0.323 e. The molecule has 0 aromatic carbocycles. The summed E-state index contributed by atoms with van der Waals surface area (Å²) in [5.41, 5.74) is 0.754. The Morgan fingerprint density at radius 1 is 1.40 bits per heavy atom. The van der Waals surface area contributed by atoms with Gasteiger partial charge in [0.25, 0.3) is 5.91 Å². The first kappa shape index (κ1) is 14.1. The molecule has 1 amide bonds. The molecule has 0 atom stereocenters. The lowest BCUT2D eigenvalue weighted by Gasteiger charge is -2.18. The fourth-order valence-electron chi connectivity index (χ4n) is 1.84. The first-order chi connectivity index (χ1) is 9.63. The number of hydrogen-bond acceptors (Lipinski definition) is 3. The van der Waals surface area contributed by atoms with Crippen molar-refractivity contribution in [1.29, 1.82) is 0 Å². The van der Waals surface area contributed by atoms with Crippen molar-refractivity contribution in [3.8, 4) is 5.69 Å². The van der Waals surface area contributed by atoms with Crippen LogP contribution in [0, 0.1) is 0 Å². The summed E-state index contributed by atoms with van der Waals surface area (Å²) >= 11 is 1.30. The van der Waals surface area contributed by atoms with Crippen molar-refractivity contribution in [2.45, 2.75) is 0 Å². The van der Waals surface area contributed by atoms with Crippen LogP contribution in [0.5, 0.6) is 0 Å². The second kappa shape index (κ2) is 6.21. The molecule has 0 radical (unpaired) electrons. The molecule has 2 heterocycles. The largest absolute Gasteiger partial charge is 0.480 e. The number of carboxylic acid groups (broad SMARTS) is 1. The Morgan fingerprint density at radius 3 is 2.70 bits per heavy atom. The van der Waals surface area contributed by atoms with E-state index in [1.54, 1.807) is 0 Å². The quantitative estimate of drug-likeness (QED) is 0.830. The van der Waals surface area contributed by atoms with Crippen LogP contribution >= 0.6 is 11.3 Å². The third-order valence-electron chi connectivity index (χ3n) is 2.68. The molecular weight excluding hydrogens is 276 g/mol. The standard InChI is InChI=1S/C14H14N2O3S/c1-2-6-16(10-12(17)18)14(19)13-11(5-9-20-13)15-7-3-4-8-15/h2-5,7-9H,1,6,10H2,(H,17,18). The third kappa shape index (κ3) is 2.97. The Balaban J connectivity index is 2.30. The zero-order chi connectivity index (χ0) is 14.5. The van der Waals surface area contributed by atoms with Gasteiger partial charge in [-0.25, -0.2) is 0 Å². The van der Waals surface area contributed by atoms with Crippen molar-refractivity contribution in [2.75, 3.05) is 13.1 Å². The summed E-state index contributed by atoms with van der Waals surface area (Å²) in [6.07, 6.45) is 5.20. The minimum Gasteiger partial charge on any atom is -0.480 e. The van der Waals surface area contributed by atoms with Gasteiger partial charge in [0.2, 0.25) is 0 Å². The zero-order valence-electron chi connectivity index (χ0n) is 10.7. The van der Waals surface area contributed by atoms with Crippen LogP contribution in [0.4, 0.5) is 0 Å². The van der Waals surface area contributed by atoms with Crippen molar-refractivity contribution < 1.29 is 14.7 Å². The second-order valence-electron chi connectivity index (χ2n) is 4.09. The number of hydrogen-bond donors (Lipinski definition) is 1. The molecule has 0 aliphatic rings. The molecule has 104 valence electrons. The van der Waals surface area contributed by atoms with Crippen LogP contribution in [-0.2, 0) is 4.79 Å². The van der Waals surface area contributed by atoms with Crippen molar-refractivity contribution in [1.82, 2.24) is 9.47 Å². The van der Waals surface area contributed by atoms with E-state index in [0.717, 1.165) is 5.69 Å². The maximum Gasteiger partial charge on any atom is 0.323 e. The van der Waals surface area contributed by atoms with Gasteiger partial charge in [0.05, 0.1) is 5.69 Å². The van der Waals surface area contributed by atoms with E-state index in [0.29, 0.717) is 4.88 Å². The number of carboxylic acids is 1. The second-order valence-corrected chi connectivity index (χ2v) is 5.01. The SMILES string of the molecule is C=CCN(CC(=O)O)C(=O)c1sccc1-n1cccc1. The number of carbonyl (C=O) groups excluding carboxylic acids is 1. The molecule has 2 aromatic heterocycles. The van der Waals surface area contributed by atoms with E-state index in [4.69, 9.17) is 5.11 Å². The number of carbonyl (C=O) groups is 2. The number of rotatable bonds is 6. The first-order valence-electron chi connectivity index (χ1n) is 5.96. The summed E-state index contributed by atoms with van der Waals surface area (Å²) < 4.78 is 1.83. The van der Waals surface area contributed by atoms with E-state index in [-0.39, 0.29) is 19.0 Å². The third-order valence-corrected chi connectivity index (χ3v) is 3.58. The highest BCUT2D eigenvalue weighted by Gasteiger charge is 2.21. The molecule has 1 N–H and O–H groups in total. The van der Waals surface area contributed by atoms with Crippen molar-refractivity contribution in [3.05, 3.63) is 53.5 Å². The topological polar surface area (TPSA) is 62.5 Å². The predicted octanol–water partition coefficient (Wildman–Crippen LogP) is 2.25.